The van der Waals surface area contributed by atoms with Crippen molar-refractivity contribution in [3.05, 3.63) is 53.1 Å². The molecule has 2 fully saturated rings. The van der Waals surface area contributed by atoms with E-state index in [-0.39, 0.29) is 17.9 Å². The third-order valence-electron chi connectivity index (χ3n) is 8.53. The van der Waals surface area contributed by atoms with Crippen LogP contribution in [0.1, 0.15) is 54.9 Å². The summed E-state index contributed by atoms with van der Waals surface area (Å²) in [6, 6.07) is 12.1. The number of hydrogen-bond donors (Lipinski definition) is 2. The van der Waals surface area contributed by atoms with Crippen LogP contribution in [-0.2, 0) is 17.6 Å². The maximum absolute atomic E-state index is 13.5. The van der Waals surface area contributed by atoms with Crippen molar-refractivity contribution in [1.29, 1.82) is 0 Å². The van der Waals surface area contributed by atoms with Gasteiger partial charge in [-0.15, -0.1) is 0 Å². The average Bonchev–Trinajstić information content (AvgIpc) is 3.64. The largest absolute Gasteiger partial charge is 0.486 e. The first kappa shape index (κ1) is 24.6. The molecule has 2 N–H and O–H groups in total. The summed E-state index contributed by atoms with van der Waals surface area (Å²) in [5, 5.41) is 14.7. The Labute approximate surface area is 219 Å². The molecule has 0 saturated carbocycles. The SMILES string of the molecule is O=C(NC(CN1CCCC1)C(O)c1ccc2c(c1)OCCO2)C1CCN(c2ccc3c(c2)CCCC3)C1. The Morgan fingerprint density at radius 1 is 0.946 bits per heavy atom. The van der Waals surface area contributed by atoms with Gasteiger partial charge in [0.05, 0.1) is 12.0 Å². The summed E-state index contributed by atoms with van der Waals surface area (Å²) in [5.41, 5.74) is 4.95. The smallest absolute Gasteiger partial charge is 0.225 e. The highest BCUT2D eigenvalue weighted by atomic mass is 16.6. The highest BCUT2D eigenvalue weighted by Crippen LogP contribution is 2.34. The lowest BCUT2D eigenvalue weighted by Crippen LogP contribution is -2.48. The van der Waals surface area contributed by atoms with Crippen LogP contribution in [0.3, 0.4) is 0 Å². The van der Waals surface area contributed by atoms with E-state index in [1.807, 2.05) is 18.2 Å². The van der Waals surface area contributed by atoms with Crippen LogP contribution in [0.2, 0.25) is 0 Å². The molecular weight excluding hydrogens is 466 g/mol. The maximum Gasteiger partial charge on any atom is 0.225 e. The number of benzene rings is 2. The Kier molecular flexibility index (Phi) is 7.25. The summed E-state index contributed by atoms with van der Waals surface area (Å²) in [4.78, 5) is 18.2. The van der Waals surface area contributed by atoms with E-state index in [4.69, 9.17) is 9.47 Å². The van der Waals surface area contributed by atoms with Gasteiger partial charge in [-0.3, -0.25) is 4.79 Å². The van der Waals surface area contributed by atoms with E-state index in [9.17, 15) is 9.90 Å². The van der Waals surface area contributed by atoms with Gasteiger partial charge < -0.3 is 29.7 Å². The maximum atomic E-state index is 13.5. The van der Waals surface area contributed by atoms with Crippen molar-refractivity contribution in [2.24, 2.45) is 5.92 Å². The first-order chi connectivity index (χ1) is 18.1. The second-order valence-corrected chi connectivity index (χ2v) is 11.1. The summed E-state index contributed by atoms with van der Waals surface area (Å²) < 4.78 is 11.4. The first-order valence-corrected chi connectivity index (χ1v) is 14.1. The third kappa shape index (κ3) is 5.43. The number of likely N-dealkylation sites (tertiary alicyclic amines) is 1. The predicted octanol–water partition coefficient (Wildman–Crippen LogP) is 3.48. The average molecular weight is 506 g/mol. The number of rotatable bonds is 7. The summed E-state index contributed by atoms with van der Waals surface area (Å²) >= 11 is 0. The molecule has 0 spiro atoms. The number of nitrogens with one attached hydrogen (secondary N) is 1. The number of aliphatic hydroxyl groups excluding tert-OH is 1. The monoisotopic (exact) mass is 505 g/mol. The number of fused-ring (bicyclic) bond motifs is 2. The topological polar surface area (TPSA) is 74.3 Å². The zero-order valence-electron chi connectivity index (χ0n) is 21.7. The number of nitrogens with zero attached hydrogens (tertiary/aromatic N) is 2. The minimum atomic E-state index is -0.821. The molecule has 0 bridgehead atoms. The summed E-state index contributed by atoms with van der Waals surface area (Å²) in [7, 11) is 0. The minimum Gasteiger partial charge on any atom is -0.486 e. The molecule has 2 aromatic rings. The van der Waals surface area contributed by atoms with Gasteiger partial charge in [-0.1, -0.05) is 12.1 Å². The van der Waals surface area contributed by atoms with Crippen molar-refractivity contribution in [3.63, 3.8) is 0 Å². The number of anilines is 1. The van der Waals surface area contributed by atoms with E-state index < -0.39 is 6.10 Å². The number of ether oxygens (including phenoxy) is 2. The van der Waals surface area contributed by atoms with Crippen LogP contribution in [-0.4, -0.2) is 67.9 Å². The third-order valence-corrected chi connectivity index (χ3v) is 8.53. The van der Waals surface area contributed by atoms with E-state index in [0.29, 0.717) is 31.3 Å². The molecule has 1 amide bonds. The highest BCUT2D eigenvalue weighted by Gasteiger charge is 2.33. The van der Waals surface area contributed by atoms with E-state index in [0.717, 1.165) is 44.6 Å². The van der Waals surface area contributed by atoms with Crippen molar-refractivity contribution in [2.45, 2.75) is 57.1 Å². The van der Waals surface area contributed by atoms with E-state index in [2.05, 4.69) is 33.3 Å². The normalized spacial score (nSPS) is 22.9. The van der Waals surface area contributed by atoms with Crippen molar-refractivity contribution >= 4 is 11.6 Å². The lowest BCUT2D eigenvalue weighted by molar-refractivity contribution is -0.126. The predicted molar refractivity (Wildman–Crippen MR) is 143 cm³/mol. The van der Waals surface area contributed by atoms with E-state index >= 15 is 0 Å². The Morgan fingerprint density at radius 2 is 1.73 bits per heavy atom. The molecule has 6 rings (SSSR count). The van der Waals surface area contributed by atoms with Gasteiger partial charge in [-0.2, -0.15) is 0 Å². The van der Waals surface area contributed by atoms with Crippen LogP contribution in [0.5, 0.6) is 11.5 Å². The van der Waals surface area contributed by atoms with Crippen LogP contribution >= 0.6 is 0 Å². The summed E-state index contributed by atoms with van der Waals surface area (Å²) in [6.07, 6.45) is 7.25. The fourth-order valence-electron chi connectivity index (χ4n) is 6.37. The molecule has 0 aromatic heterocycles. The number of carbonyl (C=O) groups excluding carboxylic acids is 1. The summed E-state index contributed by atoms with van der Waals surface area (Å²) in [5.74, 6) is 1.33. The quantitative estimate of drug-likeness (QED) is 0.600. The van der Waals surface area contributed by atoms with Crippen LogP contribution in [0, 0.1) is 5.92 Å². The molecule has 3 aliphatic heterocycles. The minimum absolute atomic E-state index is 0.0428. The van der Waals surface area contributed by atoms with Crippen molar-refractivity contribution in [1.82, 2.24) is 10.2 Å². The van der Waals surface area contributed by atoms with Crippen LogP contribution in [0.15, 0.2) is 36.4 Å². The van der Waals surface area contributed by atoms with E-state index in [1.54, 1.807) is 0 Å². The molecule has 198 valence electrons. The standard InChI is InChI=1S/C30H39N3O4/c34-29(23-8-10-27-28(18-23)37-16-15-36-27)26(20-32-12-3-4-13-32)31-30(35)24-11-14-33(19-24)25-9-7-21-5-1-2-6-22(21)17-25/h7-10,17-18,24,26,29,34H,1-6,11-16,19-20H2,(H,31,35). The molecule has 1 aliphatic carbocycles. The molecule has 2 saturated heterocycles. The molecular formula is C30H39N3O4. The van der Waals surface area contributed by atoms with Gasteiger partial charge in [0.15, 0.2) is 11.5 Å². The second kappa shape index (κ2) is 10.9. The molecule has 37 heavy (non-hydrogen) atoms. The summed E-state index contributed by atoms with van der Waals surface area (Å²) in [6.45, 7) is 5.31. The van der Waals surface area contributed by atoms with Gasteiger partial charge in [-0.05, 0) is 99.0 Å². The Morgan fingerprint density at radius 3 is 2.57 bits per heavy atom. The molecule has 0 radical (unpaired) electrons. The van der Waals surface area contributed by atoms with Gasteiger partial charge in [0.2, 0.25) is 5.91 Å². The lowest BCUT2D eigenvalue weighted by Gasteiger charge is -2.30. The molecule has 3 atom stereocenters. The molecule has 4 aliphatic rings. The lowest BCUT2D eigenvalue weighted by atomic mass is 9.91. The van der Waals surface area contributed by atoms with Gasteiger partial charge in [-0.25, -0.2) is 0 Å². The van der Waals surface area contributed by atoms with Crippen molar-refractivity contribution in [3.8, 4) is 11.5 Å². The van der Waals surface area contributed by atoms with Crippen LogP contribution < -0.4 is 19.7 Å². The molecule has 7 heteroatoms. The Balaban J connectivity index is 1.14. The zero-order valence-corrected chi connectivity index (χ0v) is 21.7. The Bertz CT molecular complexity index is 1120. The number of amides is 1. The van der Waals surface area contributed by atoms with Crippen LogP contribution in [0.4, 0.5) is 5.69 Å². The molecule has 3 unspecified atom stereocenters. The van der Waals surface area contributed by atoms with Crippen LogP contribution in [0.25, 0.3) is 0 Å². The molecule has 3 heterocycles. The number of hydrogen-bond acceptors (Lipinski definition) is 6. The zero-order chi connectivity index (χ0) is 25.2. The fraction of sp³-hybridized carbons (Fsp3) is 0.567. The molecule has 2 aromatic carbocycles. The van der Waals surface area contributed by atoms with Gasteiger partial charge in [0, 0.05) is 25.3 Å². The Hall–Kier alpha value is -2.77. The number of aryl methyl sites for hydroxylation is 2. The second-order valence-electron chi connectivity index (χ2n) is 11.1. The van der Waals surface area contributed by atoms with Crippen molar-refractivity contribution in [2.75, 3.05) is 50.8 Å². The number of aliphatic hydroxyl groups is 1. The van der Waals surface area contributed by atoms with Gasteiger partial charge >= 0.3 is 0 Å². The van der Waals surface area contributed by atoms with E-state index in [1.165, 1.54) is 48.9 Å². The molecule has 7 nitrogen and oxygen atoms in total. The van der Waals surface area contributed by atoms with Crippen molar-refractivity contribution < 1.29 is 19.4 Å². The first-order valence-electron chi connectivity index (χ1n) is 14.1. The fourth-order valence-corrected chi connectivity index (χ4v) is 6.37. The highest BCUT2D eigenvalue weighted by molar-refractivity contribution is 5.80. The van der Waals surface area contributed by atoms with Gasteiger partial charge in [0.1, 0.15) is 19.3 Å². The van der Waals surface area contributed by atoms with Gasteiger partial charge in [0.25, 0.3) is 0 Å². The number of carbonyl (C=O) groups is 1.